The number of carbonyl (C=O) groups excluding carboxylic acids is 1. The molecule has 4 nitrogen and oxygen atoms in total. The predicted octanol–water partition coefficient (Wildman–Crippen LogP) is 3.54. The van der Waals surface area contributed by atoms with Gasteiger partial charge in [-0.25, -0.2) is 22.9 Å². The second-order valence-corrected chi connectivity index (χ2v) is 4.66. The van der Waals surface area contributed by atoms with E-state index in [9.17, 15) is 18.0 Å². The number of carbonyl (C=O) groups is 1. The van der Waals surface area contributed by atoms with Crippen molar-refractivity contribution in [3.63, 3.8) is 0 Å². The van der Waals surface area contributed by atoms with E-state index in [2.05, 4.69) is 9.97 Å². The number of aromatic nitrogens is 2. The molecule has 0 N–H and O–H groups in total. The average molecular weight is 315 g/mol. The predicted molar refractivity (Wildman–Crippen MR) is 66.5 cm³/mol. The van der Waals surface area contributed by atoms with Gasteiger partial charge in [-0.2, -0.15) is 0 Å². The van der Waals surface area contributed by atoms with Crippen LogP contribution >= 0.6 is 11.6 Å². The molecule has 108 valence electrons. The summed E-state index contributed by atoms with van der Waals surface area (Å²) in [5.74, 6) is -1.75. The number of benzene rings is 1. The molecule has 0 saturated heterocycles. The molecule has 8 heteroatoms. The molecule has 2 heterocycles. The Bertz CT molecular complexity index is 752. The fourth-order valence-corrected chi connectivity index (χ4v) is 2.17. The first kappa shape index (κ1) is 13.8. The average Bonchev–Trinajstić information content (AvgIpc) is 2.82. The maximum Gasteiger partial charge on any atom is 0.359 e. The molecule has 0 unspecified atom stereocenters. The van der Waals surface area contributed by atoms with Crippen LogP contribution in [0.1, 0.15) is 28.2 Å². The van der Waals surface area contributed by atoms with Gasteiger partial charge < -0.3 is 4.74 Å². The molecule has 0 amide bonds. The fourth-order valence-electron chi connectivity index (χ4n) is 2.01. The molecule has 0 radical (unpaired) electrons. The number of nitrogens with zero attached hydrogens (tertiary/aromatic N) is 2. The summed E-state index contributed by atoms with van der Waals surface area (Å²) in [6.45, 7) is -0.0405. The molecule has 1 aliphatic heterocycles. The van der Waals surface area contributed by atoms with Gasteiger partial charge in [-0.1, -0.05) is 17.7 Å². The quantitative estimate of drug-likeness (QED) is 0.796. The molecule has 0 aliphatic carbocycles. The van der Waals surface area contributed by atoms with E-state index in [1.165, 1.54) is 0 Å². The zero-order valence-corrected chi connectivity index (χ0v) is 11.0. The Morgan fingerprint density at radius 3 is 2.81 bits per heavy atom. The van der Waals surface area contributed by atoms with E-state index in [0.717, 1.165) is 18.3 Å². The molecular weight excluding hydrogens is 309 g/mol. The fraction of sp³-hybridized carbons (Fsp3) is 0.154. The lowest BCUT2D eigenvalue weighted by atomic mass is 10.0. The molecule has 3 rings (SSSR count). The number of cyclic esters (lactones) is 1. The van der Waals surface area contributed by atoms with E-state index >= 15 is 0 Å². The first-order valence-corrected chi connectivity index (χ1v) is 6.16. The standard InChI is InChI=1S/C13H6ClF3N2O2/c14-6-2-1-5(12(16)17)9(10(6)15)7-3-18-8-4-21-13(20)11(8)19-7/h1-3,12H,4H2. The lowest BCUT2D eigenvalue weighted by Gasteiger charge is -2.10. The molecule has 21 heavy (non-hydrogen) atoms. The van der Waals surface area contributed by atoms with Gasteiger partial charge in [0.15, 0.2) is 11.5 Å². The molecule has 0 bridgehead atoms. The van der Waals surface area contributed by atoms with Gasteiger partial charge in [-0.15, -0.1) is 0 Å². The molecule has 1 aliphatic rings. The number of fused-ring (bicyclic) bond motifs is 1. The van der Waals surface area contributed by atoms with Crippen molar-refractivity contribution in [1.82, 2.24) is 9.97 Å². The molecule has 0 saturated carbocycles. The van der Waals surface area contributed by atoms with Crippen LogP contribution in [-0.4, -0.2) is 15.9 Å². The van der Waals surface area contributed by atoms with Crippen LogP contribution in [0.15, 0.2) is 18.3 Å². The summed E-state index contributed by atoms with van der Waals surface area (Å²) in [5.41, 5.74) is -1.05. The Hall–Kier alpha value is -2.15. The minimum Gasteiger partial charge on any atom is -0.454 e. The Balaban J connectivity index is 2.23. The second kappa shape index (κ2) is 5.00. The summed E-state index contributed by atoms with van der Waals surface area (Å²) >= 11 is 5.63. The Kier molecular flexibility index (Phi) is 3.29. The first-order chi connectivity index (χ1) is 9.99. The molecule has 1 aromatic heterocycles. The van der Waals surface area contributed by atoms with Crippen molar-refractivity contribution in [3.05, 3.63) is 46.1 Å². The summed E-state index contributed by atoms with van der Waals surface area (Å²) < 4.78 is 44.9. The van der Waals surface area contributed by atoms with E-state index in [1.54, 1.807) is 0 Å². The topological polar surface area (TPSA) is 52.1 Å². The van der Waals surface area contributed by atoms with Crippen molar-refractivity contribution in [2.75, 3.05) is 0 Å². The number of hydrogen-bond donors (Lipinski definition) is 0. The highest BCUT2D eigenvalue weighted by molar-refractivity contribution is 6.31. The number of hydrogen-bond acceptors (Lipinski definition) is 4. The van der Waals surface area contributed by atoms with E-state index < -0.39 is 29.3 Å². The van der Waals surface area contributed by atoms with Gasteiger partial charge >= 0.3 is 5.97 Å². The van der Waals surface area contributed by atoms with Crippen LogP contribution in [0.4, 0.5) is 13.2 Å². The first-order valence-electron chi connectivity index (χ1n) is 5.78. The van der Waals surface area contributed by atoms with Crippen molar-refractivity contribution in [2.24, 2.45) is 0 Å². The Labute approximate surface area is 121 Å². The van der Waals surface area contributed by atoms with Crippen LogP contribution in [0, 0.1) is 5.82 Å². The van der Waals surface area contributed by atoms with Crippen molar-refractivity contribution in [2.45, 2.75) is 13.0 Å². The number of rotatable bonds is 2. The molecule has 0 spiro atoms. The number of esters is 1. The van der Waals surface area contributed by atoms with Gasteiger partial charge in [-0.05, 0) is 6.07 Å². The summed E-state index contributed by atoms with van der Waals surface area (Å²) in [5, 5.41) is -0.320. The second-order valence-electron chi connectivity index (χ2n) is 4.25. The van der Waals surface area contributed by atoms with Gasteiger partial charge in [-0.3, -0.25) is 4.98 Å². The van der Waals surface area contributed by atoms with Crippen LogP contribution in [-0.2, 0) is 11.3 Å². The lowest BCUT2D eigenvalue weighted by Crippen LogP contribution is -2.03. The van der Waals surface area contributed by atoms with Gasteiger partial charge in [0, 0.05) is 11.1 Å². The van der Waals surface area contributed by atoms with Crippen molar-refractivity contribution in [1.29, 1.82) is 0 Å². The molecule has 0 atom stereocenters. The van der Waals surface area contributed by atoms with E-state index in [1.807, 2.05) is 0 Å². The maximum absolute atomic E-state index is 14.1. The zero-order chi connectivity index (χ0) is 15.1. The third kappa shape index (κ3) is 2.23. The van der Waals surface area contributed by atoms with E-state index in [0.29, 0.717) is 0 Å². The maximum atomic E-state index is 14.1. The van der Waals surface area contributed by atoms with Crippen LogP contribution < -0.4 is 0 Å². The van der Waals surface area contributed by atoms with Crippen molar-refractivity contribution in [3.8, 4) is 11.3 Å². The number of alkyl halides is 2. The highest BCUT2D eigenvalue weighted by atomic mass is 35.5. The zero-order valence-electron chi connectivity index (χ0n) is 10.2. The summed E-state index contributed by atoms with van der Waals surface area (Å²) in [4.78, 5) is 19.2. The largest absolute Gasteiger partial charge is 0.454 e. The van der Waals surface area contributed by atoms with Crippen molar-refractivity contribution < 1.29 is 22.7 Å². The molecule has 2 aromatic rings. The molecular formula is C13H6ClF3N2O2. The molecule has 0 fully saturated rings. The smallest absolute Gasteiger partial charge is 0.359 e. The van der Waals surface area contributed by atoms with E-state index in [4.69, 9.17) is 16.3 Å². The van der Waals surface area contributed by atoms with Crippen LogP contribution in [0.2, 0.25) is 5.02 Å². The van der Waals surface area contributed by atoms with Crippen molar-refractivity contribution >= 4 is 17.6 Å². The van der Waals surface area contributed by atoms with Gasteiger partial charge in [0.2, 0.25) is 0 Å². The SMILES string of the molecule is O=C1OCc2ncc(-c3c(C(F)F)ccc(Cl)c3F)nc21. The summed E-state index contributed by atoms with van der Waals surface area (Å²) in [6.07, 6.45) is -1.81. The minimum atomic E-state index is -2.92. The highest BCUT2D eigenvalue weighted by Gasteiger charge is 2.27. The lowest BCUT2D eigenvalue weighted by molar-refractivity contribution is 0.0529. The van der Waals surface area contributed by atoms with Crippen LogP contribution in [0.25, 0.3) is 11.3 Å². The van der Waals surface area contributed by atoms with E-state index in [-0.39, 0.29) is 28.7 Å². The third-order valence-corrected chi connectivity index (χ3v) is 3.29. The van der Waals surface area contributed by atoms with Gasteiger partial charge in [0.25, 0.3) is 6.43 Å². The van der Waals surface area contributed by atoms with Gasteiger partial charge in [0.1, 0.15) is 12.3 Å². The number of ether oxygens (including phenoxy) is 1. The minimum absolute atomic E-state index is 0.0405. The van der Waals surface area contributed by atoms with Gasteiger partial charge in [0.05, 0.1) is 16.9 Å². The summed E-state index contributed by atoms with van der Waals surface area (Å²) in [6, 6.07) is 2.05. The van der Waals surface area contributed by atoms with Crippen LogP contribution in [0.5, 0.6) is 0 Å². The van der Waals surface area contributed by atoms with Crippen LogP contribution in [0.3, 0.4) is 0 Å². The normalized spacial score (nSPS) is 13.5. The monoisotopic (exact) mass is 314 g/mol. The number of halogens is 4. The Morgan fingerprint density at radius 1 is 1.33 bits per heavy atom. The summed E-state index contributed by atoms with van der Waals surface area (Å²) in [7, 11) is 0. The molecule has 1 aromatic carbocycles. The Morgan fingerprint density at radius 2 is 2.10 bits per heavy atom. The third-order valence-electron chi connectivity index (χ3n) is 3.00. The highest BCUT2D eigenvalue weighted by Crippen LogP contribution is 2.35.